The summed E-state index contributed by atoms with van der Waals surface area (Å²) in [6.07, 6.45) is 4.63. The van der Waals surface area contributed by atoms with E-state index in [0.717, 1.165) is 45.4 Å². The van der Waals surface area contributed by atoms with Crippen molar-refractivity contribution in [3.05, 3.63) is 12.7 Å². The Morgan fingerprint density at radius 1 is 1.28 bits per heavy atom. The number of piperazine rings is 1. The van der Waals surface area contributed by atoms with E-state index in [2.05, 4.69) is 37.6 Å². The molecule has 32 heavy (non-hydrogen) atoms. The molecule has 3 saturated carbocycles. The summed E-state index contributed by atoms with van der Waals surface area (Å²) in [6.45, 7) is 16.3. The summed E-state index contributed by atoms with van der Waals surface area (Å²) in [4.78, 5) is 28.7. The average molecular weight is 447 g/mol. The van der Waals surface area contributed by atoms with Crippen LogP contribution in [0.25, 0.3) is 0 Å². The van der Waals surface area contributed by atoms with E-state index in [1.54, 1.807) is 0 Å². The SMILES string of the molecule is C=C[C@]1(C)C[C@@H](OC(=O)CN2CCNCC2)[C@]2(C)[C@H](C)CC[C@]3(CCC(=O)[C@H]32)[C@@H](C)[C@@H]1O. The molecule has 6 nitrogen and oxygen atoms in total. The van der Waals surface area contributed by atoms with Crippen LogP contribution in [0.5, 0.6) is 0 Å². The zero-order valence-electron chi connectivity index (χ0n) is 20.4. The highest BCUT2D eigenvalue weighted by Gasteiger charge is 2.68. The van der Waals surface area contributed by atoms with Crippen LogP contribution in [0.1, 0.15) is 59.8 Å². The van der Waals surface area contributed by atoms with Crippen LogP contribution in [-0.2, 0) is 14.3 Å². The maximum atomic E-state index is 13.4. The molecule has 1 heterocycles. The van der Waals surface area contributed by atoms with Crippen LogP contribution in [0.4, 0.5) is 0 Å². The van der Waals surface area contributed by atoms with Crippen molar-refractivity contribution in [2.45, 2.75) is 72.0 Å². The summed E-state index contributed by atoms with van der Waals surface area (Å²) in [5.41, 5.74) is -1.25. The van der Waals surface area contributed by atoms with Crippen LogP contribution in [0.3, 0.4) is 0 Å². The van der Waals surface area contributed by atoms with Crippen LogP contribution < -0.4 is 5.32 Å². The van der Waals surface area contributed by atoms with E-state index in [-0.39, 0.29) is 35.7 Å². The van der Waals surface area contributed by atoms with Crippen molar-refractivity contribution in [2.75, 3.05) is 32.7 Å². The van der Waals surface area contributed by atoms with E-state index in [4.69, 9.17) is 4.74 Å². The number of ketones is 1. The van der Waals surface area contributed by atoms with Crippen molar-refractivity contribution in [2.24, 2.45) is 34.0 Å². The Morgan fingerprint density at radius 3 is 2.62 bits per heavy atom. The minimum atomic E-state index is -0.624. The normalized spacial score (nSPS) is 47.3. The average Bonchev–Trinajstić information content (AvgIpc) is 3.13. The van der Waals surface area contributed by atoms with E-state index < -0.39 is 23.0 Å². The van der Waals surface area contributed by atoms with E-state index in [1.165, 1.54) is 0 Å². The van der Waals surface area contributed by atoms with Crippen LogP contribution in [-0.4, -0.2) is 66.7 Å². The number of hydrogen-bond donors (Lipinski definition) is 2. The van der Waals surface area contributed by atoms with Gasteiger partial charge in [-0.1, -0.05) is 33.8 Å². The number of ether oxygens (including phenoxy) is 1. The second kappa shape index (κ2) is 8.52. The largest absolute Gasteiger partial charge is 0.461 e. The Balaban J connectivity index is 1.72. The summed E-state index contributed by atoms with van der Waals surface area (Å²) in [5, 5.41) is 14.9. The summed E-state index contributed by atoms with van der Waals surface area (Å²) >= 11 is 0. The molecule has 0 aromatic carbocycles. The lowest BCUT2D eigenvalue weighted by atomic mass is 9.44. The first-order valence-electron chi connectivity index (χ1n) is 12.6. The van der Waals surface area contributed by atoms with Crippen LogP contribution in [0.2, 0.25) is 0 Å². The van der Waals surface area contributed by atoms with Crippen molar-refractivity contribution in [1.29, 1.82) is 0 Å². The van der Waals surface area contributed by atoms with Crippen molar-refractivity contribution in [3.8, 4) is 0 Å². The number of hydrogen-bond acceptors (Lipinski definition) is 6. The van der Waals surface area contributed by atoms with Gasteiger partial charge in [-0.05, 0) is 42.9 Å². The molecule has 2 N–H and O–H groups in total. The second-order valence-corrected chi connectivity index (χ2v) is 11.6. The number of nitrogens with one attached hydrogen (secondary N) is 1. The van der Waals surface area contributed by atoms with Gasteiger partial charge in [0, 0.05) is 49.3 Å². The maximum Gasteiger partial charge on any atom is 0.320 e. The van der Waals surface area contributed by atoms with Crippen molar-refractivity contribution in [1.82, 2.24) is 10.2 Å². The predicted molar refractivity (Wildman–Crippen MR) is 124 cm³/mol. The molecule has 4 aliphatic rings. The summed E-state index contributed by atoms with van der Waals surface area (Å²) in [6, 6.07) is 0. The number of Topliss-reactive ketones (excluding diaryl/α,β-unsaturated/α-hetero) is 1. The highest BCUT2D eigenvalue weighted by molar-refractivity contribution is 5.85. The first kappa shape index (κ1) is 23.9. The maximum absolute atomic E-state index is 13.4. The molecule has 0 unspecified atom stereocenters. The number of carbonyl (C=O) groups excluding carboxylic acids is 2. The second-order valence-electron chi connectivity index (χ2n) is 11.6. The fourth-order valence-corrected chi connectivity index (χ4v) is 7.75. The van der Waals surface area contributed by atoms with Gasteiger partial charge in [0.2, 0.25) is 0 Å². The molecule has 6 heteroatoms. The summed E-state index contributed by atoms with van der Waals surface area (Å²) in [7, 11) is 0. The Morgan fingerprint density at radius 2 is 1.97 bits per heavy atom. The molecule has 0 aromatic heterocycles. The molecular formula is C26H42N2O4. The van der Waals surface area contributed by atoms with Crippen molar-refractivity contribution < 1.29 is 19.4 Å². The van der Waals surface area contributed by atoms with Gasteiger partial charge in [-0.15, -0.1) is 6.58 Å². The Labute approximate surface area is 193 Å². The van der Waals surface area contributed by atoms with Gasteiger partial charge in [0.25, 0.3) is 0 Å². The Bertz CT molecular complexity index is 765. The molecule has 180 valence electrons. The molecule has 4 fully saturated rings. The smallest absolute Gasteiger partial charge is 0.320 e. The number of nitrogens with zero attached hydrogens (tertiary/aromatic N) is 1. The number of aliphatic hydroxyl groups is 1. The number of aliphatic hydroxyl groups excluding tert-OH is 1. The van der Waals surface area contributed by atoms with E-state index in [0.29, 0.717) is 18.6 Å². The minimum Gasteiger partial charge on any atom is -0.461 e. The lowest BCUT2D eigenvalue weighted by Crippen LogP contribution is -2.63. The quantitative estimate of drug-likeness (QED) is 0.511. The molecular weight excluding hydrogens is 404 g/mol. The highest BCUT2D eigenvalue weighted by Crippen LogP contribution is 2.67. The fourth-order valence-electron chi connectivity index (χ4n) is 7.75. The molecule has 0 aromatic rings. The van der Waals surface area contributed by atoms with Gasteiger partial charge in [-0.2, -0.15) is 0 Å². The molecule has 0 spiro atoms. The standard InChI is InChI=1S/C26H42N2O4/c1-6-24(4)15-20(32-21(30)16-28-13-11-27-12-14-28)25(5)17(2)7-9-26(18(3)23(24)31)10-8-19(29)22(25)26/h6,17-18,20,22-23,27,31H,1,7-16H2,2-5H3/t17-,18+,20-,22+,23+,24-,25+,26+/m1/s1. The highest BCUT2D eigenvalue weighted by atomic mass is 16.5. The third-order valence-electron chi connectivity index (χ3n) is 10.1. The number of carbonyl (C=O) groups is 2. The molecule has 0 radical (unpaired) electrons. The monoisotopic (exact) mass is 446 g/mol. The Kier molecular flexibility index (Phi) is 6.36. The summed E-state index contributed by atoms with van der Waals surface area (Å²) < 4.78 is 6.31. The van der Waals surface area contributed by atoms with Crippen molar-refractivity contribution >= 4 is 11.8 Å². The van der Waals surface area contributed by atoms with Gasteiger partial charge >= 0.3 is 5.97 Å². The third kappa shape index (κ3) is 3.57. The molecule has 8 atom stereocenters. The molecule has 1 saturated heterocycles. The zero-order valence-corrected chi connectivity index (χ0v) is 20.4. The molecule has 4 rings (SSSR count). The molecule has 3 aliphatic carbocycles. The van der Waals surface area contributed by atoms with Crippen LogP contribution in [0, 0.1) is 34.0 Å². The van der Waals surface area contributed by atoms with E-state index in [1.807, 2.05) is 13.0 Å². The first-order chi connectivity index (χ1) is 15.1. The van der Waals surface area contributed by atoms with Crippen LogP contribution in [0.15, 0.2) is 12.7 Å². The van der Waals surface area contributed by atoms with E-state index >= 15 is 0 Å². The molecule has 1 aliphatic heterocycles. The topological polar surface area (TPSA) is 78.9 Å². The van der Waals surface area contributed by atoms with Crippen LogP contribution >= 0.6 is 0 Å². The number of esters is 1. The zero-order chi connectivity index (χ0) is 23.3. The van der Waals surface area contributed by atoms with Crippen molar-refractivity contribution in [3.63, 3.8) is 0 Å². The molecule has 0 amide bonds. The lowest BCUT2D eigenvalue weighted by molar-refractivity contribution is -0.207. The lowest BCUT2D eigenvalue weighted by Gasteiger charge is -2.61. The summed E-state index contributed by atoms with van der Waals surface area (Å²) in [5.74, 6) is 0.155. The number of rotatable bonds is 4. The Hall–Kier alpha value is -1.24. The van der Waals surface area contributed by atoms with Gasteiger partial charge in [0.1, 0.15) is 11.9 Å². The molecule has 2 bridgehead atoms. The predicted octanol–water partition coefficient (Wildman–Crippen LogP) is 2.80. The first-order valence-corrected chi connectivity index (χ1v) is 12.6. The van der Waals surface area contributed by atoms with Gasteiger partial charge in [0.15, 0.2) is 0 Å². The fraction of sp³-hybridized carbons (Fsp3) is 0.846. The van der Waals surface area contributed by atoms with Gasteiger partial charge in [-0.25, -0.2) is 0 Å². The van der Waals surface area contributed by atoms with Gasteiger partial charge in [0.05, 0.1) is 12.6 Å². The van der Waals surface area contributed by atoms with Gasteiger partial charge in [-0.3, -0.25) is 14.5 Å². The van der Waals surface area contributed by atoms with Gasteiger partial charge < -0.3 is 15.2 Å². The third-order valence-corrected chi connectivity index (χ3v) is 10.1. The van der Waals surface area contributed by atoms with E-state index in [9.17, 15) is 14.7 Å². The minimum absolute atomic E-state index is 0.00808.